The van der Waals surface area contributed by atoms with E-state index in [0.29, 0.717) is 12.8 Å². The highest BCUT2D eigenvalue weighted by Gasteiger charge is 2.48. The van der Waals surface area contributed by atoms with Gasteiger partial charge in [0, 0.05) is 12.8 Å². The van der Waals surface area contributed by atoms with E-state index < -0.39 is 42.2 Å². The highest BCUT2D eigenvalue weighted by molar-refractivity contribution is 5.99. The Bertz CT molecular complexity index is 891. The Labute approximate surface area is 195 Å². The number of anilines is 1. The van der Waals surface area contributed by atoms with Crippen molar-refractivity contribution in [2.75, 3.05) is 12.4 Å². The van der Waals surface area contributed by atoms with E-state index in [2.05, 4.69) is 10.6 Å². The molecule has 0 saturated carbocycles. The lowest BCUT2D eigenvalue weighted by molar-refractivity contribution is -0.334. The predicted octanol–water partition coefficient (Wildman–Crippen LogP) is 2.55. The third-order valence-electron chi connectivity index (χ3n) is 5.72. The lowest BCUT2D eigenvalue weighted by Crippen LogP contribution is -2.61. The van der Waals surface area contributed by atoms with E-state index in [1.165, 1.54) is 7.11 Å². The van der Waals surface area contributed by atoms with E-state index >= 15 is 0 Å². The van der Waals surface area contributed by atoms with E-state index in [9.17, 15) is 14.7 Å². The van der Waals surface area contributed by atoms with Gasteiger partial charge in [0.05, 0.1) is 0 Å². The quantitative estimate of drug-likeness (QED) is 0.583. The standard InChI is InChI=1S/C25H36N2O6/c1-24(2,3)14-13-18-19(28)20(33-25(4,5)32-18)21(31-6)23(30)27-17-12-11-15-9-7-8-10-16(15)26-22(17)29/h7-10,13-14,17-21,28H,11-12H2,1-6H3,(H,26,29)(H,27,30)/t17?,18-,19+,20-,21?/m1/s1. The van der Waals surface area contributed by atoms with Crippen LogP contribution in [0.3, 0.4) is 0 Å². The van der Waals surface area contributed by atoms with Gasteiger partial charge < -0.3 is 30.0 Å². The van der Waals surface area contributed by atoms with Crippen molar-refractivity contribution in [1.82, 2.24) is 5.32 Å². The third-order valence-corrected chi connectivity index (χ3v) is 5.72. The fourth-order valence-electron chi connectivity index (χ4n) is 4.08. The van der Waals surface area contributed by atoms with Gasteiger partial charge in [0.25, 0.3) is 5.91 Å². The van der Waals surface area contributed by atoms with Crippen LogP contribution in [0.15, 0.2) is 36.4 Å². The smallest absolute Gasteiger partial charge is 0.252 e. The molecule has 33 heavy (non-hydrogen) atoms. The van der Waals surface area contributed by atoms with Crippen LogP contribution in [0.4, 0.5) is 5.69 Å². The maximum absolute atomic E-state index is 13.2. The second-order valence-corrected chi connectivity index (χ2v) is 10.2. The molecule has 2 unspecified atom stereocenters. The Morgan fingerprint density at radius 2 is 2.00 bits per heavy atom. The van der Waals surface area contributed by atoms with Gasteiger partial charge in [-0.2, -0.15) is 0 Å². The van der Waals surface area contributed by atoms with Crippen LogP contribution < -0.4 is 10.6 Å². The molecule has 182 valence electrons. The molecule has 5 atom stereocenters. The largest absolute Gasteiger partial charge is 0.387 e. The molecular formula is C25H36N2O6. The number of methoxy groups -OCH3 is 1. The first-order valence-corrected chi connectivity index (χ1v) is 11.4. The summed E-state index contributed by atoms with van der Waals surface area (Å²) in [5.41, 5.74) is 1.66. The van der Waals surface area contributed by atoms with Crippen LogP contribution >= 0.6 is 0 Å². The van der Waals surface area contributed by atoms with E-state index in [1.807, 2.05) is 51.1 Å². The highest BCUT2D eigenvalue weighted by Crippen LogP contribution is 2.31. The number of hydrogen-bond donors (Lipinski definition) is 3. The number of benzene rings is 1. The summed E-state index contributed by atoms with van der Waals surface area (Å²) in [5, 5.41) is 16.6. The molecule has 1 aromatic carbocycles. The Morgan fingerprint density at radius 3 is 2.67 bits per heavy atom. The van der Waals surface area contributed by atoms with E-state index in [0.717, 1.165) is 11.3 Å². The van der Waals surface area contributed by atoms with E-state index in [-0.39, 0.29) is 11.3 Å². The average molecular weight is 461 g/mol. The monoisotopic (exact) mass is 460 g/mol. The second kappa shape index (κ2) is 9.93. The zero-order chi connectivity index (χ0) is 24.4. The van der Waals surface area contributed by atoms with Gasteiger partial charge >= 0.3 is 0 Å². The number of rotatable bonds is 5. The normalized spacial score (nSPS) is 28.5. The molecule has 3 rings (SSSR count). The number of aryl methyl sites for hydroxylation is 1. The first-order chi connectivity index (χ1) is 15.4. The Morgan fingerprint density at radius 1 is 1.30 bits per heavy atom. The molecule has 1 fully saturated rings. The molecule has 2 aliphatic rings. The molecule has 0 bridgehead atoms. The van der Waals surface area contributed by atoms with Gasteiger partial charge in [-0.05, 0) is 43.7 Å². The lowest BCUT2D eigenvalue weighted by atomic mass is 9.93. The molecule has 0 radical (unpaired) electrons. The second-order valence-electron chi connectivity index (χ2n) is 10.2. The molecule has 3 N–H and O–H groups in total. The van der Waals surface area contributed by atoms with Crippen LogP contribution in [-0.4, -0.2) is 60.3 Å². The fourth-order valence-corrected chi connectivity index (χ4v) is 4.08. The number of hydrogen-bond acceptors (Lipinski definition) is 6. The van der Waals surface area contributed by atoms with Crippen molar-refractivity contribution in [2.45, 2.75) is 83.7 Å². The summed E-state index contributed by atoms with van der Waals surface area (Å²) in [5.74, 6) is -1.86. The summed E-state index contributed by atoms with van der Waals surface area (Å²) >= 11 is 0. The molecule has 0 aromatic heterocycles. The van der Waals surface area contributed by atoms with E-state index in [1.54, 1.807) is 19.9 Å². The summed E-state index contributed by atoms with van der Waals surface area (Å²) < 4.78 is 17.3. The first kappa shape index (κ1) is 25.4. The summed E-state index contributed by atoms with van der Waals surface area (Å²) in [7, 11) is 1.38. The van der Waals surface area contributed by atoms with Crippen LogP contribution in [0, 0.1) is 5.41 Å². The summed E-state index contributed by atoms with van der Waals surface area (Å²) in [6, 6.07) is 6.84. The fraction of sp³-hybridized carbons (Fsp3) is 0.600. The molecular weight excluding hydrogens is 424 g/mol. The van der Waals surface area contributed by atoms with Crippen LogP contribution in [0.1, 0.15) is 46.6 Å². The van der Waals surface area contributed by atoms with Crippen molar-refractivity contribution in [3.05, 3.63) is 42.0 Å². The minimum absolute atomic E-state index is 0.108. The van der Waals surface area contributed by atoms with Crippen LogP contribution in [0.5, 0.6) is 0 Å². The first-order valence-electron chi connectivity index (χ1n) is 11.4. The maximum Gasteiger partial charge on any atom is 0.252 e. The third kappa shape index (κ3) is 6.41. The zero-order valence-electron chi connectivity index (χ0n) is 20.3. The molecule has 1 saturated heterocycles. The SMILES string of the molecule is COC(C(=O)NC1CCc2ccccc2NC1=O)[C@@H]1OC(C)(C)O[C@H](C=CC(C)(C)C)[C@@H]1O. The van der Waals surface area contributed by atoms with Gasteiger partial charge in [-0.1, -0.05) is 51.1 Å². The Hall–Kier alpha value is -2.26. The number of ether oxygens (including phenoxy) is 3. The predicted molar refractivity (Wildman–Crippen MR) is 125 cm³/mol. The summed E-state index contributed by atoms with van der Waals surface area (Å²) in [4.78, 5) is 25.9. The van der Waals surface area contributed by atoms with Crippen molar-refractivity contribution >= 4 is 17.5 Å². The number of carbonyl (C=O) groups is 2. The van der Waals surface area contributed by atoms with Gasteiger partial charge in [0.15, 0.2) is 11.9 Å². The molecule has 2 amide bonds. The van der Waals surface area contributed by atoms with Crippen molar-refractivity contribution in [3.63, 3.8) is 0 Å². The molecule has 0 aliphatic carbocycles. The van der Waals surface area contributed by atoms with Gasteiger partial charge in [-0.15, -0.1) is 0 Å². The number of fused-ring (bicyclic) bond motifs is 1. The summed E-state index contributed by atoms with van der Waals surface area (Å²) in [6.07, 6.45) is 0.896. The number of amides is 2. The van der Waals surface area contributed by atoms with Crippen LogP contribution in [0.2, 0.25) is 0 Å². The minimum atomic E-state index is -1.14. The van der Waals surface area contributed by atoms with Crippen LogP contribution in [-0.2, 0) is 30.2 Å². The number of nitrogens with one attached hydrogen (secondary N) is 2. The number of carbonyl (C=O) groups excluding carboxylic acids is 2. The van der Waals surface area contributed by atoms with Gasteiger partial charge in [0.1, 0.15) is 24.4 Å². The number of allylic oxidation sites excluding steroid dienone is 1. The average Bonchev–Trinajstić information content (AvgIpc) is 2.87. The number of para-hydroxylation sites is 1. The minimum Gasteiger partial charge on any atom is -0.387 e. The molecule has 2 aliphatic heterocycles. The van der Waals surface area contributed by atoms with Crippen molar-refractivity contribution < 1.29 is 28.9 Å². The van der Waals surface area contributed by atoms with E-state index in [4.69, 9.17) is 14.2 Å². The molecule has 8 nitrogen and oxygen atoms in total. The zero-order valence-corrected chi connectivity index (χ0v) is 20.3. The molecule has 0 spiro atoms. The number of aliphatic hydroxyl groups is 1. The number of aliphatic hydroxyl groups excluding tert-OH is 1. The molecule has 1 aromatic rings. The van der Waals surface area contributed by atoms with Gasteiger partial charge in [0.2, 0.25) is 5.91 Å². The highest BCUT2D eigenvalue weighted by atomic mass is 16.7. The van der Waals surface area contributed by atoms with Gasteiger partial charge in [-0.3, -0.25) is 9.59 Å². The summed E-state index contributed by atoms with van der Waals surface area (Å²) in [6.45, 7) is 9.58. The van der Waals surface area contributed by atoms with Crippen molar-refractivity contribution in [3.8, 4) is 0 Å². The van der Waals surface area contributed by atoms with Crippen LogP contribution in [0.25, 0.3) is 0 Å². The molecule has 8 heteroatoms. The van der Waals surface area contributed by atoms with Crippen molar-refractivity contribution in [2.24, 2.45) is 5.41 Å². The Kier molecular flexibility index (Phi) is 7.63. The lowest BCUT2D eigenvalue weighted by Gasteiger charge is -2.45. The van der Waals surface area contributed by atoms with Crippen molar-refractivity contribution in [1.29, 1.82) is 0 Å². The Balaban J connectivity index is 1.74. The topological polar surface area (TPSA) is 106 Å². The van der Waals surface area contributed by atoms with Gasteiger partial charge in [-0.25, -0.2) is 0 Å². The maximum atomic E-state index is 13.2. The molecule has 2 heterocycles.